The van der Waals surface area contributed by atoms with Crippen LogP contribution in [0.3, 0.4) is 0 Å². The zero-order valence-electron chi connectivity index (χ0n) is 23.4. The van der Waals surface area contributed by atoms with Gasteiger partial charge in [-0.05, 0) is 48.2 Å². The molecule has 0 spiro atoms. The van der Waals surface area contributed by atoms with Crippen LogP contribution in [-0.4, -0.2) is 37.2 Å². The first-order valence-corrected chi connectivity index (χ1v) is 15.0. The van der Waals surface area contributed by atoms with Crippen molar-refractivity contribution in [3.05, 3.63) is 105 Å². The molecule has 7 nitrogen and oxygen atoms in total. The predicted octanol–water partition coefficient (Wildman–Crippen LogP) is 6.85. The zero-order chi connectivity index (χ0) is 29.2. The van der Waals surface area contributed by atoms with E-state index in [1.807, 2.05) is 72.8 Å². The Kier molecular flexibility index (Phi) is 7.86. The molecule has 0 fully saturated rings. The average Bonchev–Trinajstić information content (AvgIpc) is 3.42. The van der Waals surface area contributed by atoms with E-state index >= 15 is 0 Å². The maximum Gasteiger partial charge on any atom is 0.263 e. The first-order valence-electron chi connectivity index (χ1n) is 13.4. The molecule has 0 bridgehead atoms. The van der Waals surface area contributed by atoms with Crippen molar-refractivity contribution in [2.45, 2.75) is 24.3 Å². The van der Waals surface area contributed by atoms with E-state index in [2.05, 4.69) is 0 Å². The zero-order valence-corrected chi connectivity index (χ0v) is 25.0. The number of hydrogen-bond acceptors (Lipinski definition) is 8. The largest absolute Gasteiger partial charge is 0.493 e. The van der Waals surface area contributed by atoms with Gasteiger partial charge in [-0.15, -0.1) is 11.3 Å². The number of hydrogen-bond donors (Lipinski definition) is 0. The van der Waals surface area contributed by atoms with E-state index in [9.17, 15) is 9.59 Å². The van der Waals surface area contributed by atoms with Crippen LogP contribution in [0, 0.1) is 0 Å². The van der Waals surface area contributed by atoms with Gasteiger partial charge in [0.1, 0.15) is 16.9 Å². The summed E-state index contributed by atoms with van der Waals surface area (Å²) in [7, 11) is 4.67. The van der Waals surface area contributed by atoms with Crippen LogP contribution in [0.4, 0.5) is 0 Å². The van der Waals surface area contributed by atoms with E-state index in [-0.39, 0.29) is 5.56 Å². The first kappa shape index (κ1) is 27.8. The summed E-state index contributed by atoms with van der Waals surface area (Å²) in [5, 5.41) is 0.609. The minimum absolute atomic E-state index is 0.122. The number of rotatable bonds is 9. The number of thiophene rings is 1. The Balaban J connectivity index is 1.60. The smallest absolute Gasteiger partial charge is 0.263 e. The number of allylic oxidation sites excluding steroid dienone is 1. The summed E-state index contributed by atoms with van der Waals surface area (Å²) in [6.45, 7) is 0.334. The Morgan fingerprint density at radius 2 is 1.60 bits per heavy atom. The third-order valence-corrected chi connectivity index (χ3v) is 9.72. The van der Waals surface area contributed by atoms with Crippen molar-refractivity contribution in [3.63, 3.8) is 0 Å². The van der Waals surface area contributed by atoms with Gasteiger partial charge in [0.05, 0.1) is 33.3 Å². The number of carbonyl (C=O) groups excluding carboxylic acids is 1. The van der Waals surface area contributed by atoms with E-state index in [0.717, 1.165) is 37.7 Å². The molecule has 0 saturated heterocycles. The topological polar surface area (TPSA) is 79.7 Å². The molecule has 2 heterocycles. The standard InChI is InChI=1S/C33H28N2O5S2/c1-38-25-16-22(17-26(39-2)28(25)40-3)31-34-32-27(33(37)35(31)18-20-10-6-4-7-11-20)24-15-14-21(19-36)29(30(24)42-32)41-23-12-8-5-9-13-23/h4-13,16-17,19H,14-15,18H2,1-3H3. The van der Waals surface area contributed by atoms with Crippen LogP contribution in [0.15, 0.2) is 88.1 Å². The molecule has 1 aliphatic carbocycles. The number of carbonyl (C=O) groups is 1. The van der Waals surface area contributed by atoms with Crippen molar-refractivity contribution < 1.29 is 19.0 Å². The maximum absolute atomic E-state index is 14.5. The van der Waals surface area contributed by atoms with Gasteiger partial charge in [-0.25, -0.2) is 4.98 Å². The lowest BCUT2D eigenvalue weighted by atomic mass is 9.97. The van der Waals surface area contributed by atoms with Crippen LogP contribution in [0.1, 0.15) is 22.4 Å². The number of ether oxygens (including phenoxy) is 3. The number of aromatic nitrogens is 2. The van der Waals surface area contributed by atoms with Gasteiger partial charge in [0, 0.05) is 25.8 Å². The fourth-order valence-electron chi connectivity index (χ4n) is 5.25. The summed E-state index contributed by atoms with van der Waals surface area (Å²) < 4.78 is 18.5. The molecule has 5 aromatic rings. The molecule has 2 aromatic heterocycles. The highest BCUT2D eigenvalue weighted by Crippen LogP contribution is 2.48. The second kappa shape index (κ2) is 11.9. The van der Waals surface area contributed by atoms with Crippen molar-refractivity contribution in [2.75, 3.05) is 21.3 Å². The summed E-state index contributed by atoms with van der Waals surface area (Å²) in [6, 6.07) is 23.4. The monoisotopic (exact) mass is 596 g/mol. The van der Waals surface area contributed by atoms with Crippen molar-refractivity contribution >= 4 is 44.5 Å². The van der Waals surface area contributed by atoms with E-state index < -0.39 is 0 Å². The second-order valence-electron chi connectivity index (χ2n) is 9.70. The highest BCUT2D eigenvalue weighted by molar-refractivity contribution is 8.08. The molecule has 0 N–H and O–H groups in total. The molecule has 1 aliphatic rings. The van der Waals surface area contributed by atoms with Crippen molar-refractivity contribution in [1.82, 2.24) is 9.55 Å². The SMILES string of the molecule is COc1cc(-c2nc3sc4c(c3c(=O)n2Cc2ccccc2)CCC(C=O)=C4Sc2ccccc2)cc(OC)c1OC. The van der Waals surface area contributed by atoms with Crippen LogP contribution >= 0.6 is 23.1 Å². The lowest BCUT2D eigenvalue weighted by Gasteiger charge is -2.18. The summed E-state index contributed by atoms with van der Waals surface area (Å²) in [5.74, 6) is 1.89. The Morgan fingerprint density at radius 3 is 2.21 bits per heavy atom. The van der Waals surface area contributed by atoms with Crippen molar-refractivity contribution in [2.24, 2.45) is 0 Å². The Morgan fingerprint density at radius 1 is 0.929 bits per heavy atom. The van der Waals surface area contributed by atoms with E-state index in [1.165, 1.54) is 11.3 Å². The number of fused-ring (bicyclic) bond motifs is 3. The maximum atomic E-state index is 14.5. The van der Waals surface area contributed by atoms with Gasteiger partial charge in [-0.1, -0.05) is 60.3 Å². The molecule has 0 unspecified atom stereocenters. The van der Waals surface area contributed by atoms with Gasteiger partial charge in [-0.2, -0.15) is 0 Å². The van der Waals surface area contributed by atoms with Crippen LogP contribution in [0.25, 0.3) is 26.5 Å². The molecule has 212 valence electrons. The van der Waals surface area contributed by atoms with Crippen molar-refractivity contribution in [1.29, 1.82) is 0 Å². The molecule has 42 heavy (non-hydrogen) atoms. The van der Waals surface area contributed by atoms with Gasteiger partial charge in [0.2, 0.25) is 5.75 Å². The highest BCUT2D eigenvalue weighted by Gasteiger charge is 2.28. The third-order valence-electron chi connectivity index (χ3n) is 7.26. The lowest BCUT2D eigenvalue weighted by molar-refractivity contribution is -0.105. The quantitative estimate of drug-likeness (QED) is 0.172. The predicted molar refractivity (Wildman–Crippen MR) is 168 cm³/mol. The number of benzene rings is 3. The highest BCUT2D eigenvalue weighted by atomic mass is 32.2. The van der Waals surface area contributed by atoms with Gasteiger partial charge < -0.3 is 14.2 Å². The van der Waals surface area contributed by atoms with Gasteiger partial charge >= 0.3 is 0 Å². The first-order chi connectivity index (χ1) is 20.6. The fraction of sp³-hybridized carbons (Fsp3) is 0.182. The number of nitrogens with zero attached hydrogens (tertiary/aromatic N) is 2. The Bertz CT molecular complexity index is 1850. The van der Waals surface area contributed by atoms with Crippen LogP contribution in [-0.2, 0) is 17.8 Å². The Labute approximate surface area is 251 Å². The van der Waals surface area contributed by atoms with E-state index in [4.69, 9.17) is 19.2 Å². The molecule has 6 rings (SSSR count). The molecule has 9 heteroatoms. The summed E-state index contributed by atoms with van der Waals surface area (Å²) in [5.41, 5.74) is 3.21. The fourth-order valence-corrected chi connectivity index (χ4v) is 7.72. The lowest BCUT2D eigenvalue weighted by Crippen LogP contribution is -2.24. The third kappa shape index (κ3) is 4.99. The van der Waals surface area contributed by atoms with Crippen molar-refractivity contribution in [3.8, 4) is 28.6 Å². The average molecular weight is 597 g/mol. The van der Waals surface area contributed by atoms with Crippen LogP contribution < -0.4 is 19.8 Å². The molecular weight excluding hydrogens is 569 g/mol. The molecule has 3 aromatic carbocycles. The Hall–Kier alpha value is -4.34. The summed E-state index contributed by atoms with van der Waals surface area (Å²) in [4.78, 5) is 35.2. The number of methoxy groups -OCH3 is 3. The molecule has 0 amide bonds. The normalized spacial score (nSPS) is 12.7. The van der Waals surface area contributed by atoms with Crippen LogP contribution in [0.5, 0.6) is 17.2 Å². The van der Waals surface area contributed by atoms with Gasteiger partial charge in [-0.3, -0.25) is 14.2 Å². The minimum Gasteiger partial charge on any atom is -0.493 e. The van der Waals surface area contributed by atoms with Gasteiger partial charge in [0.15, 0.2) is 11.5 Å². The number of aldehydes is 1. The summed E-state index contributed by atoms with van der Waals surface area (Å²) in [6.07, 6.45) is 2.12. The molecular formula is C33H28N2O5S2. The molecule has 0 radical (unpaired) electrons. The molecule has 0 saturated carbocycles. The van der Waals surface area contributed by atoms with E-state index in [1.54, 1.807) is 37.7 Å². The summed E-state index contributed by atoms with van der Waals surface area (Å²) >= 11 is 3.02. The number of thioether (sulfide) groups is 1. The van der Waals surface area contributed by atoms with E-state index in [0.29, 0.717) is 58.2 Å². The van der Waals surface area contributed by atoms with Gasteiger partial charge in [0.25, 0.3) is 5.56 Å². The minimum atomic E-state index is -0.122. The van der Waals surface area contributed by atoms with Crippen LogP contribution in [0.2, 0.25) is 0 Å². The molecule has 0 atom stereocenters. The second-order valence-corrected chi connectivity index (χ2v) is 11.8. The number of aryl methyl sites for hydroxylation is 1. The molecule has 0 aliphatic heterocycles.